The highest BCUT2D eigenvalue weighted by atomic mass is 19.4. The van der Waals surface area contributed by atoms with E-state index in [4.69, 9.17) is 10.5 Å². The highest BCUT2D eigenvalue weighted by molar-refractivity contribution is 6.24. The van der Waals surface area contributed by atoms with Crippen molar-refractivity contribution in [2.45, 2.75) is 43.1 Å². The summed E-state index contributed by atoms with van der Waals surface area (Å²) < 4.78 is 48.9. The molecule has 39 heavy (non-hydrogen) atoms. The lowest BCUT2D eigenvalue weighted by Gasteiger charge is -2.52. The molecule has 6 N–H and O–H groups in total. The van der Waals surface area contributed by atoms with E-state index in [0.717, 1.165) is 13.2 Å². The summed E-state index contributed by atoms with van der Waals surface area (Å²) in [5, 5.41) is 36.1. The average Bonchev–Trinajstić information content (AvgIpc) is 2.76. The Morgan fingerprint density at radius 3 is 2.36 bits per heavy atom. The maximum Gasteiger partial charge on any atom is 0.417 e. The zero-order valence-corrected chi connectivity index (χ0v) is 21.3. The zero-order chi connectivity index (χ0) is 28.8. The molecule has 210 valence electrons. The highest BCUT2D eigenvalue weighted by Crippen LogP contribution is 2.56. The van der Waals surface area contributed by atoms with Crippen LogP contribution < -0.4 is 11.1 Å². The number of Topliss-reactive ketones (excluding diaryl/α,β-unsaturated/α-hetero) is 2. The average molecular weight is 552 g/mol. The molecule has 3 aliphatic carbocycles. The van der Waals surface area contributed by atoms with Crippen LogP contribution in [-0.2, 0) is 31.7 Å². The number of nitrogens with one attached hydrogen (secondary N) is 1. The van der Waals surface area contributed by atoms with E-state index in [1.54, 1.807) is 0 Å². The van der Waals surface area contributed by atoms with Crippen molar-refractivity contribution in [3.05, 3.63) is 45.2 Å². The summed E-state index contributed by atoms with van der Waals surface area (Å²) in [5.41, 5.74) is -0.141. The molecular weight excluding hydrogens is 523 g/mol. The maximum atomic E-state index is 14.5. The fraction of sp³-hybridized carbons (Fsp3) is 0.500. The van der Waals surface area contributed by atoms with Crippen molar-refractivity contribution in [1.29, 1.82) is 0 Å². The number of benzene rings is 1. The monoisotopic (exact) mass is 551 g/mol. The number of carbonyl (C=O) groups excluding carboxylic acids is 3. The fourth-order valence-electron chi connectivity index (χ4n) is 6.83. The van der Waals surface area contributed by atoms with Gasteiger partial charge in [-0.25, -0.2) is 0 Å². The lowest BCUT2D eigenvalue weighted by atomic mass is 9.57. The Morgan fingerprint density at radius 2 is 1.87 bits per heavy atom. The molecule has 10 nitrogen and oxygen atoms in total. The first-order valence-corrected chi connectivity index (χ1v) is 12.3. The third-order valence-corrected chi connectivity index (χ3v) is 8.53. The second-order valence-electron chi connectivity index (χ2n) is 10.6. The van der Waals surface area contributed by atoms with Gasteiger partial charge in [-0.2, -0.15) is 13.2 Å². The van der Waals surface area contributed by atoms with Crippen LogP contribution in [0.4, 0.5) is 13.2 Å². The first-order valence-electron chi connectivity index (χ1n) is 12.3. The van der Waals surface area contributed by atoms with E-state index in [2.05, 4.69) is 5.32 Å². The second-order valence-corrected chi connectivity index (χ2v) is 10.6. The molecule has 1 saturated carbocycles. The Balaban J connectivity index is 1.79. The minimum absolute atomic E-state index is 0.152. The van der Waals surface area contributed by atoms with Crippen LogP contribution in [0.1, 0.15) is 41.1 Å². The molecule has 1 unspecified atom stereocenters. The van der Waals surface area contributed by atoms with Crippen LogP contribution in [0.2, 0.25) is 0 Å². The van der Waals surface area contributed by atoms with E-state index in [-0.39, 0.29) is 29.5 Å². The number of rotatable bonds is 4. The van der Waals surface area contributed by atoms with E-state index in [9.17, 15) is 42.9 Å². The number of nitrogens with two attached hydrogens (primary N) is 1. The van der Waals surface area contributed by atoms with Gasteiger partial charge in [0, 0.05) is 24.6 Å². The molecule has 1 aromatic carbocycles. The number of amides is 1. The molecule has 0 bridgehead atoms. The van der Waals surface area contributed by atoms with Gasteiger partial charge in [0.15, 0.2) is 11.4 Å². The number of primary amides is 1. The fourth-order valence-corrected chi connectivity index (χ4v) is 6.83. The number of alkyl halides is 3. The SMILES string of the molecule is CO[C@]12C(=O)C3=C(O)c4c(O)cc(C5CCN5)c(C(F)(F)F)c4C[C@H]3C[C@H]1[C@H](N(C)C)C(=O)C(C(N)=O)=C2O. The summed E-state index contributed by atoms with van der Waals surface area (Å²) in [7, 11) is 4.09. The van der Waals surface area contributed by atoms with Crippen molar-refractivity contribution in [3.63, 3.8) is 0 Å². The van der Waals surface area contributed by atoms with Crippen LogP contribution in [0.5, 0.6) is 5.75 Å². The first kappa shape index (κ1) is 27.2. The van der Waals surface area contributed by atoms with Crippen molar-refractivity contribution < 1.29 is 47.6 Å². The van der Waals surface area contributed by atoms with E-state index >= 15 is 0 Å². The number of phenolic OH excluding ortho intramolecular Hbond substituents is 1. The quantitative estimate of drug-likeness (QED) is 0.351. The molecule has 1 amide bonds. The minimum Gasteiger partial charge on any atom is -0.508 e. The lowest BCUT2D eigenvalue weighted by Crippen LogP contribution is -2.66. The standard InChI is InChI=1S/C26H28F3N3O7/c1-32(2)19-12-7-9-6-11-16(14(33)8-10(13-4-5-31-13)18(11)26(27,28)29)20(34)15(9)22(36)25(12,39-3)23(37)17(21(19)35)24(30)38/h8-9,12-13,19,31,33-34,37H,4-7H2,1-3H3,(H2,30,38)/t9-,12-,13?,19-,25-/m0/s1. The number of methoxy groups -OCH3 is 1. The van der Waals surface area contributed by atoms with Gasteiger partial charge in [-0.05, 0) is 63.0 Å². The number of halogens is 3. The predicted octanol–water partition coefficient (Wildman–Crippen LogP) is 1.67. The topological polar surface area (TPSA) is 162 Å². The van der Waals surface area contributed by atoms with Crippen LogP contribution in [0.15, 0.2) is 23.0 Å². The summed E-state index contributed by atoms with van der Waals surface area (Å²) in [4.78, 5) is 41.0. The predicted molar refractivity (Wildman–Crippen MR) is 129 cm³/mol. The van der Waals surface area contributed by atoms with Gasteiger partial charge in [0.1, 0.15) is 22.8 Å². The number of phenols is 1. The Hall–Kier alpha value is -3.42. The van der Waals surface area contributed by atoms with Crippen LogP contribution in [-0.4, -0.2) is 77.1 Å². The van der Waals surface area contributed by atoms with Crippen molar-refractivity contribution in [1.82, 2.24) is 10.2 Å². The number of ether oxygens (including phenoxy) is 1. The van der Waals surface area contributed by atoms with Gasteiger partial charge < -0.3 is 31.1 Å². The van der Waals surface area contributed by atoms with Gasteiger partial charge in [0.2, 0.25) is 5.78 Å². The number of fused-ring (bicyclic) bond motifs is 3. The molecule has 0 spiro atoms. The molecule has 2 fully saturated rings. The van der Waals surface area contributed by atoms with Crippen LogP contribution >= 0.6 is 0 Å². The van der Waals surface area contributed by atoms with Crippen molar-refractivity contribution >= 4 is 23.2 Å². The number of aliphatic hydroxyl groups is 2. The summed E-state index contributed by atoms with van der Waals surface area (Å²) in [6, 6.07) is -0.886. The van der Waals surface area contributed by atoms with Crippen molar-refractivity contribution in [2.24, 2.45) is 17.6 Å². The molecule has 1 aromatic rings. The number of likely N-dealkylation sites (N-methyl/N-ethyl adjacent to an activating group) is 1. The van der Waals surface area contributed by atoms with Crippen LogP contribution in [0, 0.1) is 11.8 Å². The normalized spacial score (nSPS) is 30.6. The lowest BCUT2D eigenvalue weighted by molar-refractivity contribution is -0.159. The van der Waals surface area contributed by atoms with E-state index < -0.39 is 87.1 Å². The molecule has 0 aromatic heterocycles. The van der Waals surface area contributed by atoms with E-state index in [1.165, 1.54) is 19.0 Å². The third-order valence-electron chi connectivity index (χ3n) is 8.53. The van der Waals surface area contributed by atoms with Crippen LogP contribution in [0.25, 0.3) is 5.76 Å². The van der Waals surface area contributed by atoms with Crippen molar-refractivity contribution in [2.75, 3.05) is 27.7 Å². The second kappa shape index (κ2) is 8.80. The number of aliphatic hydroxyl groups excluding tert-OH is 2. The Morgan fingerprint density at radius 1 is 1.23 bits per heavy atom. The first-order chi connectivity index (χ1) is 18.2. The van der Waals surface area contributed by atoms with E-state index in [0.29, 0.717) is 13.0 Å². The van der Waals surface area contributed by atoms with Gasteiger partial charge >= 0.3 is 6.18 Å². The van der Waals surface area contributed by atoms with Crippen molar-refractivity contribution in [3.8, 4) is 5.75 Å². The molecule has 13 heteroatoms. The van der Waals surface area contributed by atoms with Gasteiger partial charge in [0.25, 0.3) is 5.91 Å². The molecule has 0 radical (unpaired) electrons. The number of hydrogen-bond acceptors (Lipinski definition) is 9. The number of ketones is 2. The van der Waals surface area contributed by atoms with Gasteiger partial charge in [-0.15, -0.1) is 0 Å². The maximum absolute atomic E-state index is 14.5. The Labute approximate surface area is 220 Å². The molecule has 5 rings (SSSR count). The summed E-state index contributed by atoms with van der Waals surface area (Å²) in [6.07, 6.45) is -4.94. The summed E-state index contributed by atoms with van der Waals surface area (Å²) >= 11 is 0. The van der Waals surface area contributed by atoms with Gasteiger partial charge in [0.05, 0.1) is 17.2 Å². The summed E-state index contributed by atoms with van der Waals surface area (Å²) in [5.74, 6) is -7.82. The molecule has 1 heterocycles. The van der Waals surface area contributed by atoms with Crippen LogP contribution in [0.3, 0.4) is 0 Å². The van der Waals surface area contributed by atoms with Gasteiger partial charge in [-0.1, -0.05) is 0 Å². The molecule has 1 aliphatic heterocycles. The molecule has 1 saturated heterocycles. The largest absolute Gasteiger partial charge is 0.508 e. The zero-order valence-electron chi connectivity index (χ0n) is 21.3. The number of carbonyl (C=O) groups is 3. The van der Waals surface area contributed by atoms with Gasteiger partial charge in [-0.3, -0.25) is 19.3 Å². The highest BCUT2D eigenvalue weighted by Gasteiger charge is 2.65. The summed E-state index contributed by atoms with van der Waals surface area (Å²) in [6.45, 7) is 0.511. The smallest absolute Gasteiger partial charge is 0.417 e. The molecular formula is C26H28F3N3O7. The number of nitrogens with zero attached hydrogens (tertiary/aromatic N) is 1. The Bertz CT molecular complexity index is 1380. The molecule has 4 aliphatic rings. The molecule has 5 atom stereocenters. The number of hydrogen-bond donors (Lipinski definition) is 5. The van der Waals surface area contributed by atoms with E-state index in [1.807, 2.05) is 0 Å². The number of aromatic hydroxyl groups is 1. The Kier molecular flexibility index (Phi) is 6.13. The third kappa shape index (κ3) is 3.56. The minimum atomic E-state index is -4.83.